The molecule has 0 aliphatic heterocycles. The fourth-order valence-corrected chi connectivity index (χ4v) is 1.90. The number of aliphatic hydroxyl groups is 1. The van der Waals surface area contributed by atoms with E-state index in [4.69, 9.17) is 27.7 Å². The fourth-order valence-electron chi connectivity index (χ4n) is 1.37. The molecule has 1 atom stereocenters. The van der Waals surface area contributed by atoms with E-state index < -0.39 is 6.10 Å². The van der Waals surface area contributed by atoms with Gasteiger partial charge in [-0.2, -0.15) is 4.98 Å². The summed E-state index contributed by atoms with van der Waals surface area (Å²) in [5, 5.41) is 14.1. The Hall–Kier alpha value is -1.10. The molecule has 1 aromatic heterocycles. The van der Waals surface area contributed by atoms with Crippen molar-refractivity contribution in [3.05, 3.63) is 45.5 Å². The van der Waals surface area contributed by atoms with Crippen molar-refractivity contribution in [3.8, 4) is 0 Å². The maximum Gasteiger partial charge on any atom is 0.255 e. The van der Waals surface area contributed by atoms with E-state index in [0.717, 1.165) is 5.56 Å². The molecule has 1 aromatic carbocycles. The molecule has 1 unspecified atom stereocenters. The third-order valence-corrected chi connectivity index (χ3v) is 2.95. The second-order valence-electron chi connectivity index (χ2n) is 3.60. The minimum atomic E-state index is -0.780. The van der Waals surface area contributed by atoms with Gasteiger partial charge in [0.2, 0.25) is 0 Å². The van der Waals surface area contributed by atoms with Gasteiger partial charge in [-0.3, -0.25) is 0 Å². The molecule has 6 heteroatoms. The molecule has 0 aliphatic rings. The number of halogens is 2. The third-order valence-electron chi connectivity index (χ3n) is 2.24. The molecule has 4 nitrogen and oxygen atoms in total. The van der Waals surface area contributed by atoms with E-state index in [9.17, 15) is 5.11 Å². The summed E-state index contributed by atoms with van der Waals surface area (Å²) in [6.45, 7) is 1.56. The Kier molecular flexibility index (Phi) is 3.66. The van der Waals surface area contributed by atoms with Gasteiger partial charge in [0.05, 0.1) is 0 Å². The fraction of sp³-hybridized carbons (Fsp3) is 0.273. The highest BCUT2D eigenvalue weighted by Gasteiger charge is 2.14. The molecule has 0 spiro atoms. The smallest absolute Gasteiger partial charge is 0.255 e. The zero-order chi connectivity index (χ0) is 12.4. The third kappa shape index (κ3) is 2.77. The SMILES string of the molecule is CC(O)c1nc(Cc2c(Cl)cccc2Cl)no1. The maximum absolute atomic E-state index is 9.26. The predicted octanol–water partition coefficient (Wildman–Crippen LogP) is 3.02. The van der Waals surface area contributed by atoms with Crippen molar-refractivity contribution in [2.45, 2.75) is 19.4 Å². The van der Waals surface area contributed by atoms with Crippen molar-refractivity contribution in [3.63, 3.8) is 0 Å². The van der Waals surface area contributed by atoms with E-state index >= 15 is 0 Å². The van der Waals surface area contributed by atoms with Gasteiger partial charge < -0.3 is 9.63 Å². The summed E-state index contributed by atoms with van der Waals surface area (Å²) in [5.41, 5.74) is 0.744. The molecule has 0 bridgehead atoms. The van der Waals surface area contributed by atoms with Crippen LogP contribution in [0.5, 0.6) is 0 Å². The Labute approximate surface area is 108 Å². The molecular weight excluding hydrogens is 263 g/mol. The normalized spacial score (nSPS) is 12.7. The molecule has 0 saturated heterocycles. The molecule has 0 saturated carbocycles. The molecular formula is C11H10Cl2N2O2. The highest BCUT2D eigenvalue weighted by molar-refractivity contribution is 6.36. The van der Waals surface area contributed by atoms with Crippen LogP contribution >= 0.6 is 23.2 Å². The van der Waals surface area contributed by atoms with Crippen LogP contribution in [0, 0.1) is 0 Å². The molecule has 90 valence electrons. The van der Waals surface area contributed by atoms with Crippen LogP contribution in [0.1, 0.15) is 30.3 Å². The minimum absolute atomic E-state index is 0.183. The first kappa shape index (κ1) is 12.4. The average molecular weight is 273 g/mol. The molecule has 2 aromatic rings. The van der Waals surface area contributed by atoms with Gasteiger partial charge in [-0.15, -0.1) is 0 Å². The van der Waals surface area contributed by atoms with E-state index in [-0.39, 0.29) is 5.89 Å². The van der Waals surface area contributed by atoms with Crippen LogP contribution in [0.3, 0.4) is 0 Å². The molecule has 1 heterocycles. The van der Waals surface area contributed by atoms with Crippen LogP contribution < -0.4 is 0 Å². The zero-order valence-corrected chi connectivity index (χ0v) is 10.5. The van der Waals surface area contributed by atoms with Crippen LogP contribution in [0.4, 0.5) is 0 Å². The lowest BCUT2D eigenvalue weighted by molar-refractivity contribution is 0.151. The highest BCUT2D eigenvalue weighted by atomic mass is 35.5. The van der Waals surface area contributed by atoms with Crippen molar-refractivity contribution in [2.24, 2.45) is 0 Å². The van der Waals surface area contributed by atoms with Crippen molar-refractivity contribution < 1.29 is 9.63 Å². The first-order valence-electron chi connectivity index (χ1n) is 5.01. The van der Waals surface area contributed by atoms with E-state index in [1.165, 1.54) is 0 Å². The quantitative estimate of drug-likeness (QED) is 0.933. The summed E-state index contributed by atoms with van der Waals surface area (Å²) in [5.74, 6) is 0.624. The Morgan fingerprint density at radius 1 is 1.35 bits per heavy atom. The molecule has 1 N–H and O–H groups in total. The monoisotopic (exact) mass is 272 g/mol. The minimum Gasteiger partial charge on any atom is -0.384 e. The number of nitrogens with zero attached hydrogens (tertiary/aromatic N) is 2. The Bertz CT molecular complexity index is 506. The van der Waals surface area contributed by atoms with Crippen molar-refractivity contribution in [1.29, 1.82) is 0 Å². The van der Waals surface area contributed by atoms with Crippen molar-refractivity contribution >= 4 is 23.2 Å². The van der Waals surface area contributed by atoms with E-state index in [1.807, 2.05) is 0 Å². The van der Waals surface area contributed by atoms with Gasteiger partial charge in [-0.1, -0.05) is 34.4 Å². The second-order valence-corrected chi connectivity index (χ2v) is 4.42. The number of aromatic nitrogens is 2. The maximum atomic E-state index is 9.26. The average Bonchev–Trinajstić information content (AvgIpc) is 2.72. The Balaban J connectivity index is 2.25. The summed E-state index contributed by atoms with van der Waals surface area (Å²) in [6.07, 6.45) is -0.410. The summed E-state index contributed by atoms with van der Waals surface area (Å²) in [6, 6.07) is 5.27. The largest absolute Gasteiger partial charge is 0.384 e. The number of hydrogen-bond donors (Lipinski definition) is 1. The first-order valence-corrected chi connectivity index (χ1v) is 5.77. The predicted molar refractivity (Wildman–Crippen MR) is 64.2 cm³/mol. The topological polar surface area (TPSA) is 59.2 Å². The number of rotatable bonds is 3. The molecule has 0 fully saturated rings. The van der Waals surface area contributed by atoms with Gasteiger partial charge in [-0.25, -0.2) is 0 Å². The summed E-state index contributed by atoms with van der Waals surface area (Å²) < 4.78 is 4.88. The second kappa shape index (κ2) is 5.04. The summed E-state index contributed by atoms with van der Waals surface area (Å²) in [4.78, 5) is 4.04. The molecule has 0 aliphatic carbocycles. The molecule has 0 radical (unpaired) electrons. The lowest BCUT2D eigenvalue weighted by Gasteiger charge is -2.03. The molecule has 0 amide bonds. The Morgan fingerprint density at radius 2 is 2.00 bits per heavy atom. The van der Waals surface area contributed by atoms with Crippen molar-refractivity contribution in [1.82, 2.24) is 10.1 Å². The summed E-state index contributed by atoms with van der Waals surface area (Å²) >= 11 is 12.1. The summed E-state index contributed by atoms with van der Waals surface area (Å²) in [7, 11) is 0. The lowest BCUT2D eigenvalue weighted by atomic mass is 10.1. The number of hydrogen-bond acceptors (Lipinski definition) is 4. The van der Waals surface area contributed by atoms with Gasteiger partial charge >= 0.3 is 0 Å². The van der Waals surface area contributed by atoms with Gasteiger partial charge in [0.1, 0.15) is 6.10 Å². The standard InChI is InChI=1S/C11H10Cl2N2O2/c1-6(16)11-14-10(15-17-11)5-7-8(12)3-2-4-9(7)13/h2-4,6,16H,5H2,1H3. The highest BCUT2D eigenvalue weighted by Crippen LogP contribution is 2.26. The lowest BCUT2D eigenvalue weighted by Crippen LogP contribution is -1.95. The number of benzene rings is 1. The van der Waals surface area contributed by atoms with Crippen LogP contribution in [0.25, 0.3) is 0 Å². The van der Waals surface area contributed by atoms with Crippen LogP contribution in [0.2, 0.25) is 10.0 Å². The van der Waals surface area contributed by atoms with E-state index in [0.29, 0.717) is 22.3 Å². The molecule has 17 heavy (non-hydrogen) atoms. The van der Waals surface area contributed by atoms with Gasteiger partial charge in [-0.05, 0) is 24.6 Å². The van der Waals surface area contributed by atoms with Crippen LogP contribution in [-0.4, -0.2) is 15.2 Å². The first-order chi connectivity index (χ1) is 8.08. The van der Waals surface area contributed by atoms with Crippen molar-refractivity contribution in [2.75, 3.05) is 0 Å². The van der Waals surface area contributed by atoms with Gasteiger partial charge in [0, 0.05) is 16.5 Å². The number of aliphatic hydroxyl groups excluding tert-OH is 1. The zero-order valence-electron chi connectivity index (χ0n) is 9.02. The van der Waals surface area contributed by atoms with E-state index in [1.54, 1.807) is 25.1 Å². The van der Waals surface area contributed by atoms with Gasteiger partial charge in [0.25, 0.3) is 5.89 Å². The van der Waals surface area contributed by atoms with Crippen LogP contribution in [-0.2, 0) is 6.42 Å². The van der Waals surface area contributed by atoms with E-state index in [2.05, 4.69) is 10.1 Å². The Morgan fingerprint density at radius 3 is 2.53 bits per heavy atom. The molecule has 2 rings (SSSR count). The van der Waals surface area contributed by atoms with Crippen LogP contribution in [0.15, 0.2) is 22.7 Å². The van der Waals surface area contributed by atoms with Gasteiger partial charge in [0.15, 0.2) is 5.82 Å².